The first-order valence-corrected chi connectivity index (χ1v) is 9.78. The van der Waals surface area contributed by atoms with Gasteiger partial charge in [-0.25, -0.2) is 18.7 Å². The van der Waals surface area contributed by atoms with E-state index in [4.69, 9.17) is 9.47 Å². The minimum absolute atomic E-state index is 0.0364. The Labute approximate surface area is 173 Å². The van der Waals surface area contributed by atoms with Crippen LogP contribution >= 0.6 is 0 Å². The zero-order valence-electron chi connectivity index (χ0n) is 16.6. The largest absolute Gasteiger partial charge is 0.487 e. The van der Waals surface area contributed by atoms with E-state index in [2.05, 4.69) is 9.97 Å². The number of ether oxygens (including phenoxy) is 2. The maximum atomic E-state index is 13.8. The molecule has 0 atom stereocenters. The molecular formula is C21H22F2N4O3. The average molecular weight is 416 g/mol. The molecule has 2 heterocycles. The summed E-state index contributed by atoms with van der Waals surface area (Å²) in [6.07, 6.45) is 2.97. The van der Waals surface area contributed by atoms with Crippen molar-refractivity contribution in [2.24, 2.45) is 0 Å². The number of aromatic nitrogens is 2. The first kappa shape index (κ1) is 21.4. The summed E-state index contributed by atoms with van der Waals surface area (Å²) in [4.78, 5) is 22.3. The number of nitriles is 1. The summed E-state index contributed by atoms with van der Waals surface area (Å²) in [5.41, 5.74) is 0.642. The van der Waals surface area contributed by atoms with E-state index in [0.29, 0.717) is 44.0 Å². The number of nitrogens with zero attached hydrogens (tertiary/aromatic N) is 4. The molecule has 0 saturated carbocycles. The summed E-state index contributed by atoms with van der Waals surface area (Å²) < 4.78 is 37.4. The third-order valence-corrected chi connectivity index (χ3v) is 4.76. The highest BCUT2D eigenvalue weighted by molar-refractivity contribution is 5.69. The van der Waals surface area contributed by atoms with Crippen LogP contribution in [-0.2, 0) is 16.0 Å². The Bertz CT molecular complexity index is 940. The van der Waals surface area contributed by atoms with Crippen molar-refractivity contribution in [2.45, 2.75) is 38.7 Å². The quantitative estimate of drug-likeness (QED) is 0.641. The monoisotopic (exact) mass is 416 g/mol. The van der Waals surface area contributed by atoms with Crippen LogP contribution in [0.2, 0.25) is 0 Å². The molecule has 1 aliphatic rings. The maximum absolute atomic E-state index is 13.8. The van der Waals surface area contributed by atoms with Crippen LogP contribution < -0.4 is 9.64 Å². The van der Waals surface area contributed by atoms with Crippen LogP contribution in [0.25, 0.3) is 0 Å². The second-order valence-corrected chi connectivity index (χ2v) is 6.82. The van der Waals surface area contributed by atoms with Gasteiger partial charge >= 0.3 is 5.97 Å². The number of esters is 1. The van der Waals surface area contributed by atoms with Gasteiger partial charge < -0.3 is 14.4 Å². The molecule has 1 aromatic heterocycles. The smallest absolute Gasteiger partial charge is 0.306 e. The number of carbonyl (C=O) groups is 1. The first-order valence-electron chi connectivity index (χ1n) is 9.78. The Morgan fingerprint density at radius 3 is 2.77 bits per heavy atom. The molecule has 1 saturated heterocycles. The van der Waals surface area contributed by atoms with Crippen molar-refractivity contribution in [3.05, 3.63) is 47.4 Å². The Balaban J connectivity index is 1.61. The summed E-state index contributed by atoms with van der Waals surface area (Å²) in [5, 5.41) is 9.25. The summed E-state index contributed by atoms with van der Waals surface area (Å²) in [6, 6.07) is 5.25. The zero-order valence-corrected chi connectivity index (χ0v) is 16.6. The third kappa shape index (κ3) is 5.41. The number of anilines is 1. The molecule has 7 nitrogen and oxygen atoms in total. The van der Waals surface area contributed by atoms with Gasteiger partial charge in [-0.3, -0.25) is 4.79 Å². The summed E-state index contributed by atoms with van der Waals surface area (Å²) in [7, 11) is 0. The fraction of sp³-hybridized carbons (Fsp3) is 0.429. The molecule has 0 amide bonds. The summed E-state index contributed by atoms with van der Waals surface area (Å²) >= 11 is 0. The van der Waals surface area contributed by atoms with Crippen molar-refractivity contribution >= 4 is 11.8 Å². The highest BCUT2D eigenvalue weighted by atomic mass is 19.1. The van der Waals surface area contributed by atoms with Crippen LogP contribution in [0.1, 0.15) is 37.6 Å². The van der Waals surface area contributed by atoms with E-state index in [1.807, 2.05) is 11.0 Å². The third-order valence-electron chi connectivity index (χ3n) is 4.76. The number of aryl methyl sites for hydroxylation is 1. The number of carbonyl (C=O) groups excluding carboxylic acids is 1. The zero-order chi connectivity index (χ0) is 21.5. The van der Waals surface area contributed by atoms with Gasteiger partial charge in [-0.05, 0) is 19.1 Å². The fourth-order valence-corrected chi connectivity index (χ4v) is 3.24. The molecule has 0 radical (unpaired) electrons. The van der Waals surface area contributed by atoms with Crippen molar-refractivity contribution in [3.63, 3.8) is 0 Å². The van der Waals surface area contributed by atoms with Crippen LogP contribution in [0.5, 0.6) is 5.75 Å². The standard InChI is InChI=1S/C21H22F2N4O3/c1-2-29-21(28)6-4-17-18(12-24)25-13-20(26-17)27-9-7-15(8-10-27)30-19-5-3-14(22)11-16(19)23/h3,5,11,13,15H,2,4,6-10H2,1H3. The second kappa shape index (κ2) is 9.96. The number of benzene rings is 1. The normalized spacial score (nSPS) is 14.3. The number of hydrogen-bond donors (Lipinski definition) is 0. The number of hydrogen-bond acceptors (Lipinski definition) is 7. The summed E-state index contributed by atoms with van der Waals surface area (Å²) in [5.74, 6) is -1.07. The van der Waals surface area contributed by atoms with Gasteiger partial charge in [0.25, 0.3) is 0 Å². The van der Waals surface area contributed by atoms with Crippen LogP contribution in [0.15, 0.2) is 24.4 Å². The Morgan fingerprint density at radius 2 is 2.10 bits per heavy atom. The van der Waals surface area contributed by atoms with Crippen molar-refractivity contribution in [2.75, 3.05) is 24.6 Å². The molecule has 158 valence electrons. The van der Waals surface area contributed by atoms with Crippen molar-refractivity contribution in [1.82, 2.24) is 9.97 Å². The lowest BCUT2D eigenvalue weighted by atomic mass is 10.1. The molecule has 0 unspecified atom stereocenters. The predicted molar refractivity (Wildman–Crippen MR) is 104 cm³/mol. The molecule has 3 rings (SSSR count). The molecule has 0 spiro atoms. The molecule has 1 aliphatic heterocycles. The molecule has 30 heavy (non-hydrogen) atoms. The SMILES string of the molecule is CCOC(=O)CCc1nc(N2CCC(Oc3ccc(F)cc3F)CC2)cnc1C#N. The predicted octanol–water partition coefficient (Wildman–Crippen LogP) is 3.17. The van der Waals surface area contributed by atoms with Gasteiger partial charge in [-0.2, -0.15) is 5.26 Å². The van der Waals surface area contributed by atoms with Gasteiger partial charge in [0.05, 0.1) is 24.9 Å². The van der Waals surface area contributed by atoms with E-state index in [-0.39, 0.29) is 36.4 Å². The van der Waals surface area contributed by atoms with Gasteiger partial charge in [0.15, 0.2) is 17.3 Å². The van der Waals surface area contributed by atoms with Gasteiger partial charge in [-0.15, -0.1) is 0 Å². The Hall–Kier alpha value is -3.28. The van der Waals surface area contributed by atoms with Gasteiger partial charge in [0.1, 0.15) is 23.8 Å². The average Bonchev–Trinajstić information content (AvgIpc) is 2.75. The minimum Gasteiger partial charge on any atom is -0.487 e. The Kier molecular flexibility index (Phi) is 7.12. The minimum atomic E-state index is -0.721. The number of halogens is 2. The second-order valence-electron chi connectivity index (χ2n) is 6.82. The molecule has 0 bridgehead atoms. The van der Waals surface area contributed by atoms with E-state index >= 15 is 0 Å². The number of rotatable bonds is 7. The van der Waals surface area contributed by atoms with Crippen molar-refractivity contribution in [1.29, 1.82) is 5.26 Å². The fourth-order valence-electron chi connectivity index (χ4n) is 3.24. The van der Waals surface area contributed by atoms with E-state index < -0.39 is 11.6 Å². The first-order chi connectivity index (χ1) is 14.5. The number of piperidine rings is 1. The summed E-state index contributed by atoms with van der Waals surface area (Å²) in [6.45, 7) is 3.24. The molecule has 0 N–H and O–H groups in total. The Morgan fingerprint density at radius 1 is 1.33 bits per heavy atom. The highest BCUT2D eigenvalue weighted by Crippen LogP contribution is 2.25. The molecule has 2 aromatic rings. The maximum Gasteiger partial charge on any atom is 0.306 e. The lowest BCUT2D eigenvalue weighted by Crippen LogP contribution is -2.39. The van der Waals surface area contributed by atoms with Crippen LogP contribution in [0.3, 0.4) is 0 Å². The van der Waals surface area contributed by atoms with Crippen LogP contribution in [-0.4, -0.2) is 41.7 Å². The topological polar surface area (TPSA) is 88.3 Å². The lowest BCUT2D eigenvalue weighted by molar-refractivity contribution is -0.143. The van der Waals surface area contributed by atoms with E-state index in [9.17, 15) is 18.8 Å². The lowest BCUT2D eigenvalue weighted by Gasteiger charge is -2.33. The molecule has 9 heteroatoms. The van der Waals surface area contributed by atoms with Crippen LogP contribution in [0, 0.1) is 23.0 Å². The van der Waals surface area contributed by atoms with Crippen molar-refractivity contribution < 1.29 is 23.0 Å². The molecular weight excluding hydrogens is 394 g/mol. The van der Waals surface area contributed by atoms with Gasteiger partial charge in [0.2, 0.25) is 0 Å². The van der Waals surface area contributed by atoms with E-state index in [1.165, 1.54) is 12.3 Å². The van der Waals surface area contributed by atoms with Crippen LogP contribution in [0.4, 0.5) is 14.6 Å². The van der Waals surface area contributed by atoms with Gasteiger partial charge in [0, 0.05) is 38.4 Å². The van der Waals surface area contributed by atoms with Gasteiger partial charge in [-0.1, -0.05) is 0 Å². The highest BCUT2D eigenvalue weighted by Gasteiger charge is 2.23. The molecule has 1 fully saturated rings. The van der Waals surface area contributed by atoms with Crippen molar-refractivity contribution in [3.8, 4) is 11.8 Å². The molecule has 1 aromatic carbocycles. The van der Waals surface area contributed by atoms with E-state index in [1.54, 1.807) is 6.92 Å². The molecule has 0 aliphatic carbocycles. The van der Waals surface area contributed by atoms with E-state index in [0.717, 1.165) is 12.1 Å².